The molecule has 2 aromatic carbocycles. The number of hydrogen-bond donors (Lipinski definition) is 3. The number of benzene rings is 2. The molecular weight excluding hydrogens is 301 g/mol. The van der Waals surface area contributed by atoms with Crippen LogP contribution in [0.4, 0.5) is 15.8 Å². The molecule has 0 spiro atoms. The van der Waals surface area contributed by atoms with Crippen LogP contribution in [-0.4, -0.2) is 23.6 Å². The molecule has 0 amide bonds. The van der Waals surface area contributed by atoms with Crippen molar-refractivity contribution in [1.29, 1.82) is 0 Å². The zero-order valence-corrected chi connectivity index (χ0v) is 12.6. The molecule has 0 saturated carbocycles. The SMILES string of the molecule is CNc1ccc(CNCC(O)c2ccc(F)cc2)cc1[N+](=O)[O-]. The Kier molecular flexibility index (Phi) is 5.61. The van der Waals surface area contributed by atoms with Gasteiger partial charge in [-0.25, -0.2) is 4.39 Å². The minimum Gasteiger partial charge on any atom is -0.387 e. The largest absolute Gasteiger partial charge is 0.387 e. The number of nitro benzene ring substituents is 1. The summed E-state index contributed by atoms with van der Waals surface area (Å²) >= 11 is 0. The Balaban J connectivity index is 1.94. The molecule has 2 rings (SSSR count). The van der Waals surface area contributed by atoms with Gasteiger partial charge in [-0.2, -0.15) is 0 Å². The summed E-state index contributed by atoms with van der Waals surface area (Å²) in [5.74, 6) is -0.356. The molecule has 0 bridgehead atoms. The van der Waals surface area contributed by atoms with Gasteiger partial charge in [0, 0.05) is 26.2 Å². The van der Waals surface area contributed by atoms with Crippen molar-refractivity contribution in [3.63, 3.8) is 0 Å². The van der Waals surface area contributed by atoms with Crippen molar-refractivity contribution in [2.45, 2.75) is 12.6 Å². The van der Waals surface area contributed by atoms with Gasteiger partial charge in [0.15, 0.2) is 0 Å². The Morgan fingerprint density at radius 2 is 1.96 bits per heavy atom. The fourth-order valence-corrected chi connectivity index (χ4v) is 2.21. The van der Waals surface area contributed by atoms with E-state index in [1.54, 1.807) is 19.2 Å². The standard InChI is InChI=1S/C16H18FN3O3/c1-18-14-7-2-11(8-15(14)20(22)23)9-19-10-16(21)12-3-5-13(17)6-4-12/h2-8,16,18-19,21H,9-10H2,1H3. The van der Waals surface area contributed by atoms with Gasteiger partial charge in [-0.05, 0) is 29.3 Å². The highest BCUT2D eigenvalue weighted by atomic mass is 19.1. The molecule has 0 aliphatic carbocycles. The number of aliphatic hydroxyl groups excluding tert-OH is 1. The third-order valence-corrected chi connectivity index (χ3v) is 3.45. The van der Waals surface area contributed by atoms with Crippen LogP contribution < -0.4 is 10.6 Å². The molecule has 0 fully saturated rings. The number of nitrogens with zero attached hydrogens (tertiary/aromatic N) is 1. The Labute approximate surface area is 133 Å². The normalized spacial score (nSPS) is 12.0. The molecule has 0 radical (unpaired) electrons. The first-order valence-electron chi connectivity index (χ1n) is 7.10. The van der Waals surface area contributed by atoms with Gasteiger partial charge in [-0.15, -0.1) is 0 Å². The summed E-state index contributed by atoms with van der Waals surface area (Å²) in [5, 5.41) is 26.8. The van der Waals surface area contributed by atoms with Crippen molar-refractivity contribution in [2.75, 3.05) is 18.9 Å². The summed E-state index contributed by atoms with van der Waals surface area (Å²) in [5.41, 5.74) is 1.80. The lowest BCUT2D eigenvalue weighted by Gasteiger charge is -2.12. The molecular formula is C16H18FN3O3. The zero-order valence-electron chi connectivity index (χ0n) is 12.6. The van der Waals surface area contributed by atoms with E-state index in [0.29, 0.717) is 17.8 Å². The first-order valence-corrected chi connectivity index (χ1v) is 7.10. The maximum atomic E-state index is 12.8. The van der Waals surface area contributed by atoms with Gasteiger partial charge in [-0.1, -0.05) is 18.2 Å². The summed E-state index contributed by atoms with van der Waals surface area (Å²) in [6.07, 6.45) is -0.776. The summed E-state index contributed by atoms with van der Waals surface area (Å²) < 4.78 is 12.8. The van der Waals surface area contributed by atoms with E-state index in [4.69, 9.17) is 0 Å². The predicted octanol–water partition coefficient (Wildman–Crippen LogP) is 2.60. The Morgan fingerprint density at radius 1 is 1.26 bits per heavy atom. The highest BCUT2D eigenvalue weighted by Gasteiger charge is 2.13. The zero-order chi connectivity index (χ0) is 16.8. The second-order valence-corrected chi connectivity index (χ2v) is 5.06. The van der Waals surface area contributed by atoms with Crippen LogP contribution in [0.15, 0.2) is 42.5 Å². The first kappa shape index (κ1) is 16.9. The van der Waals surface area contributed by atoms with E-state index in [1.807, 2.05) is 0 Å². The lowest BCUT2D eigenvalue weighted by Crippen LogP contribution is -2.21. The molecule has 7 heteroatoms. The molecule has 2 aromatic rings. The van der Waals surface area contributed by atoms with Crippen LogP contribution in [0.25, 0.3) is 0 Å². The summed E-state index contributed by atoms with van der Waals surface area (Å²) in [4.78, 5) is 10.6. The quantitative estimate of drug-likeness (QED) is 0.539. The van der Waals surface area contributed by atoms with Crippen molar-refractivity contribution in [1.82, 2.24) is 5.32 Å². The number of rotatable bonds is 7. The topological polar surface area (TPSA) is 87.4 Å². The van der Waals surface area contributed by atoms with Crippen molar-refractivity contribution in [3.05, 3.63) is 69.5 Å². The second-order valence-electron chi connectivity index (χ2n) is 5.06. The van der Waals surface area contributed by atoms with Crippen LogP contribution >= 0.6 is 0 Å². The summed E-state index contributed by atoms with van der Waals surface area (Å²) in [6, 6.07) is 10.5. The van der Waals surface area contributed by atoms with Gasteiger partial charge < -0.3 is 15.7 Å². The molecule has 3 N–H and O–H groups in total. The molecule has 122 valence electrons. The average Bonchev–Trinajstić information content (AvgIpc) is 2.55. The molecule has 0 aromatic heterocycles. The van der Waals surface area contributed by atoms with E-state index in [1.165, 1.54) is 30.3 Å². The van der Waals surface area contributed by atoms with Crippen LogP contribution in [0.2, 0.25) is 0 Å². The van der Waals surface area contributed by atoms with Gasteiger partial charge in [0.1, 0.15) is 11.5 Å². The van der Waals surface area contributed by atoms with E-state index in [0.717, 1.165) is 5.56 Å². The van der Waals surface area contributed by atoms with Crippen molar-refractivity contribution < 1.29 is 14.4 Å². The van der Waals surface area contributed by atoms with Crippen LogP contribution in [-0.2, 0) is 6.54 Å². The molecule has 23 heavy (non-hydrogen) atoms. The van der Waals surface area contributed by atoms with Crippen LogP contribution in [0, 0.1) is 15.9 Å². The summed E-state index contributed by atoms with van der Waals surface area (Å²) in [7, 11) is 1.62. The number of nitrogens with one attached hydrogen (secondary N) is 2. The molecule has 1 unspecified atom stereocenters. The first-order chi connectivity index (χ1) is 11.0. The minimum absolute atomic E-state index is 0.00545. The van der Waals surface area contributed by atoms with Gasteiger partial charge in [-0.3, -0.25) is 10.1 Å². The smallest absolute Gasteiger partial charge is 0.292 e. The van der Waals surface area contributed by atoms with Crippen molar-refractivity contribution >= 4 is 11.4 Å². The molecule has 6 nitrogen and oxygen atoms in total. The van der Waals surface area contributed by atoms with Gasteiger partial charge >= 0.3 is 0 Å². The number of anilines is 1. The molecule has 0 aliphatic heterocycles. The lowest BCUT2D eigenvalue weighted by molar-refractivity contribution is -0.384. The second kappa shape index (κ2) is 7.66. The fourth-order valence-electron chi connectivity index (χ4n) is 2.21. The fraction of sp³-hybridized carbons (Fsp3) is 0.250. The highest BCUT2D eigenvalue weighted by Crippen LogP contribution is 2.25. The summed E-state index contributed by atoms with van der Waals surface area (Å²) in [6.45, 7) is 0.635. The van der Waals surface area contributed by atoms with E-state index in [-0.39, 0.29) is 18.0 Å². The molecule has 0 saturated heterocycles. The van der Waals surface area contributed by atoms with E-state index >= 15 is 0 Å². The van der Waals surface area contributed by atoms with Crippen molar-refractivity contribution in [3.8, 4) is 0 Å². The van der Waals surface area contributed by atoms with Crippen molar-refractivity contribution in [2.24, 2.45) is 0 Å². The Bertz CT molecular complexity index is 677. The third kappa shape index (κ3) is 4.48. The molecule has 0 heterocycles. The molecule has 0 aliphatic rings. The lowest BCUT2D eigenvalue weighted by atomic mass is 10.1. The van der Waals surface area contributed by atoms with E-state index < -0.39 is 11.0 Å². The maximum Gasteiger partial charge on any atom is 0.292 e. The number of hydrogen-bond acceptors (Lipinski definition) is 5. The van der Waals surface area contributed by atoms with Crippen LogP contribution in [0.1, 0.15) is 17.2 Å². The van der Waals surface area contributed by atoms with E-state index in [9.17, 15) is 19.6 Å². The van der Waals surface area contributed by atoms with Gasteiger partial charge in [0.25, 0.3) is 5.69 Å². The Morgan fingerprint density at radius 3 is 2.57 bits per heavy atom. The predicted molar refractivity (Wildman–Crippen MR) is 85.7 cm³/mol. The maximum absolute atomic E-state index is 12.8. The number of aliphatic hydroxyl groups is 1. The van der Waals surface area contributed by atoms with Gasteiger partial charge in [0.2, 0.25) is 0 Å². The monoisotopic (exact) mass is 319 g/mol. The highest BCUT2D eigenvalue weighted by molar-refractivity contribution is 5.62. The third-order valence-electron chi connectivity index (χ3n) is 3.45. The Hall–Kier alpha value is -2.51. The van der Waals surface area contributed by atoms with E-state index in [2.05, 4.69) is 10.6 Å². The molecule has 1 atom stereocenters. The average molecular weight is 319 g/mol. The van der Waals surface area contributed by atoms with Crippen LogP contribution in [0.5, 0.6) is 0 Å². The number of nitro groups is 1. The van der Waals surface area contributed by atoms with Gasteiger partial charge in [0.05, 0.1) is 11.0 Å². The minimum atomic E-state index is -0.776. The number of halogens is 1. The van der Waals surface area contributed by atoms with Crippen LogP contribution in [0.3, 0.4) is 0 Å².